The van der Waals surface area contributed by atoms with Crippen molar-refractivity contribution in [1.29, 1.82) is 0 Å². The second-order valence-electron chi connectivity index (χ2n) is 5.89. The predicted molar refractivity (Wildman–Crippen MR) is 91.5 cm³/mol. The summed E-state index contributed by atoms with van der Waals surface area (Å²) in [4.78, 5) is 10.6. The van der Waals surface area contributed by atoms with Gasteiger partial charge < -0.3 is 5.11 Å². The molecule has 3 rings (SSSR count). The van der Waals surface area contributed by atoms with Crippen molar-refractivity contribution < 1.29 is 5.11 Å². The van der Waals surface area contributed by atoms with Crippen molar-refractivity contribution in [1.82, 2.24) is 14.9 Å². The van der Waals surface area contributed by atoms with Crippen LogP contribution in [0.3, 0.4) is 0 Å². The molecular weight excluding hydrogens is 333 g/mol. The molecule has 1 unspecified atom stereocenters. The molecule has 0 saturated carbocycles. The van der Waals surface area contributed by atoms with Crippen molar-refractivity contribution in [3.63, 3.8) is 0 Å². The Labute approximate surface area is 146 Å². The molecule has 23 heavy (non-hydrogen) atoms. The van der Waals surface area contributed by atoms with Crippen LogP contribution in [0.15, 0.2) is 36.8 Å². The fraction of sp³-hybridized carbons (Fsp3) is 0.412. The molecule has 1 fully saturated rings. The fourth-order valence-corrected chi connectivity index (χ4v) is 3.52. The lowest BCUT2D eigenvalue weighted by molar-refractivity contribution is 0.0540. The molecule has 0 spiro atoms. The molecule has 2 aromatic rings. The van der Waals surface area contributed by atoms with Crippen molar-refractivity contribution in [2.75, 3.05) is 13.1 Å². The van der Waals surface area contributed by atoms with Crippen LogP contribution in [0.5, 0.6) is 0 Å². The molecule has 1 N–H and O–H groups in total. The zero-order valence-electron chi connectivity index (χ0n) is 12.7. The Bertz CT molecular complexity index is 625. The maximum atomic E-state index is 10.5. The van der Waals surface area contributed by atoms with E-state index in [0.29, 0.717) is 16.6 Å². The normalized spacial score (nSPS) is 18.0. The van der Waals surface area contributed by atoms with Crippen LogP contribution < -0.4 is 0 Å². The standard InChI is InChI=1S/C17H19Cl2N3O/c18-14-9-20-10-15(19)13(14)11-22-7-4-12(5-8-22)17(23)16-3-1-2-6-21-16/h1-3,6,9-10,12,17,23H,4-5,7-8,11H2. The van der Waals surface area contributed by atoms with E-state index in [-0.39, 0.29) is 5.92 Å². The van der Waals surface area contributed by atoms with Crippen LogP contribution in [-0.2, 0) is 6.54 Å². The molecule has 3 heterocycles. The minimum Gasteiger partial charge on any atom is -0.387 e. The van der Waals surface area contributed by atoms with Gasteiger partial charge in [-0.05, 0) is 44.0 Å². The van der Waals surface area contributed by atoms with Gasteiger partial charge in [0.05, 0.1) is 21.8 Å². The third kappa shape index (κ3) is 4.01. The monoisotopic (exact) mass is 351 g/mol. The van der Waals surface area contributed by atoms with Crippen molar-refractivity contribution in [2.45, 2.75) is 25.5 Å². The number of aromatic nitrogens is 2. The first kappa shape index (κ1) is 16.7. The number of pyridine rings is 2. The van der Waals surface area contributed by atoms with E-state index in [9.17, 15) is 5.11 Å². The van der Waals surface area contributed by atoms with Crippen LogP contribution in [0.25, 0.3) is 0 Å². The first-order valence-electron chi connectivity index (χ1n) is 7.74. The molecule has 0 bridgehead atoms. The van der Waals surface area contributed by atoms with Crippen molar-refractivity contribution >= 4 is 23.2 Å². The molecule has 4 nitrogen and oxygen atoms in total. The van der Waals surface area contributed by atoms with Crippen LogP contribution in [0.4, 0.5) is 0 Å². The Morgan fingerprint density at radius 3 is 2.48 bits per heavy atom. The minimum atomic E-state index is -0.494. The summed E-state index contributed by atoms with van der Waals surface area (Å²) in [6, 6.07) is 5.66. The van der Waals surface area contributed by atoms with E-state index in [4.69, 9.17) is 23.2 Å². The summed E-state index contributed by atoms with van der Waals surface area (Å²) in [6.07, 6.45) is 6.34. The molecule has 2 aromatic heterocycles. The lowest BCUT2D eigenvalue weighted by atomic mass is 9.89. The molecule has 1 atom stereocenters. The van der Waals surface area contributed by atoms with Crippen molar-refractivity contribution in [2.24, 2.45) is 5.92 Å². The second-order valence-corrected chi connectivity index (χ2v) is 6.71. The summed E-state index contributed by atoms with van der Waals surface area (Å²) in [5, 5.41) is 11.7. The van der Waals surface area contributed by atoms with Gasteiger partial charge in [0.15, 0.2) is 0 Å². The van der Waals surface area contributed by atoms with Crippen LogP contribution in [0.2, 0.25) is 10.0 Å². The van der Waals surface area contributed by atoms with Crippen molar-refractivity contribution in [3.8, 4) is 0 Å². The molecule has 0 radical (unpaired) electrons. The second kappa shape index (κ2) is 7.58. The first-order valence-corrected chi connectivity index (χ1v) is 8.50. The molecule has 0 amide bonds. The number of hydrogen-bond donors (Lipinski definition) is 1. The van der Waals surface area contributed by atoms with Crippen LogP contribution in [-0.4, -0.2) is 33.1 Å². The third-order valence-corrected chi connectivity index (χ3v) is 5.06. The number of halogens is 2. The average molecular weight is 352 g/mol. The summed E-state index contributed by atoms with van der Waals surface area (Å²) in [6.45, 7) is 2.53. The topological polar surface area (TPSA) is 49.3 Å². The molecule has 1 saturated heterocycles. The Balaban J connectivity index is 1.58. The van der Waals surface area contributed by atoms with Gasteiger partial charge in [-0.25, -0.2) is 0 Å². The predicted octanol–water partition coefficient (Wildman–Crippen LogP) is 3.73. The lowest BCUT2D eigenvalue weighted by Crippen LogP contribution is -2.35. The zero-order valence-corrected chi connectivity index (χ0v) is 14.2. The molecule has 0 aromatic carbocycles. The van der Waals surface area contributed by atoms with E-state index in [1.807, 2.05) is 18.2 Å². The molecule has 122 valence electrons. The van der Waals surface area contributed by atoms with Gasteiger partial charge in [-0.1, -0.05) is 29.3 Å². The van der Waals surface area contributed by atoms with E-state index in [1.165, 1.54) is 0 Å². The summed E-state index contributed by atoms with van der Waals surface area (Å²) >= 11 is 12.4. The number of nitrogens with zero attached hydrogens (tertiary/aromatic N) is 3. The van der Waals surface area contributed by atoms with E-state index in [1.54, 1.807) is 18.6 Å². The van der Waals surface area contributed by atoms with Gasteiger partial charge in [0.2, 0.25) is 0 Å². The highest BCUT2D eigenvalue weighted by atomic mass is 35.5. The summed E-state index contributed by atoms with van der Waals surface area (Å²) in [5.41, 5.74) is 1.68. The third-order valence-electron chi connectivity index (χ3n) is 4.40. The number of aliphatic hydroxyl groups excluding tert-OH is 1. The van der Waals surface area contributed by atoms with Crippen LogP contribution >= 0.6 is 23.2 Å². The Morgan fingerprint density at radius 2 is 1.87 bits per heavy atom. The molecule has 1 aliphatic rings. The van der Waals surface area contributed by atoms with Gasteiger partial charge >= 0.3 is 0 Å². The van der Waals surface area contributed by atoms with E-state index >= 15 is 0 Å². The van der Waals surface area contributed by atoms with Crippen molar-refractivity contribution in [3.05, 3.63) is 58.1 Å². The van der Waals surface area contributed by atoms with E-state index < -0.39 is 6.10 Å². The van der Waals surface area contributed by atoms with E-state index in [2.05, 4.69) is 14.9 Å². The molecule has 0 aliphatic carbocycles. The summed E-state index contributed by atoms with van der Waals surface area (Å²) < 4.78 is 0. The van der Waals surface area contributed by atoms with Gasteiger partial charge in [-0.2, -0.15) is 0 Å². The van der Waals surface area contributed by atoms with Gasteiger partial charge in [-0.15, -0.1) is 0 Å². The van der Waals surface area contributed by atoms with Gasteiger partial charge in [0.25, 0.3) is 0 Å². The number of piperidine rings is 1. The van der Waals surface area contributed by atoms with Gasteiger partial charge in [0, 0.05) is 30.7 Å². The number of aliphatic hydroxyl groups is 1. The Hall–Kier alpha value is -1.20. The number of rotatable bonds is 4. The maximum absolute atomic E-state index is 10.5. The number of likely N-dealkylation sites (tertiary alicyclic amines) is 1. The highest BCUT2D eigenvalue weighted by Crippen LogP contribution is 2.31. The van der Waals surface area contributed by atoms with Gasteiger partial charge in [0.1, 0.15) is 0 Å². The SMILES string of the molecule is OC(c1ccccn1)C1CCN(Cc2c(Cl)cncc2Cl)CC1. The number of hydrogen-bond acceptors (Lipinski definition) is 4. The zero-order chi connectivity index (χ0) is 16.2. The van der Waals surface area contributed by atoms with Crippen LogP contribution in [0.1, 0.15) is 30.2 Å². The van der Waals surface area contributed by atoms with E-state index in [0.717, 1.165) is 37.2 Å². The molecule has 6 heteroatoms. The average Bonchev–Trinajstić information content (AvgIpc) is 2.59. The molecular formula is C17H19Cl2N3O. The maximum Gasteiger partial charge on any atom is 0.0988 e. The smallest absolute Gasteiger partial charge is 0.0988 e. The highest BCUT2D eigenvalue weighted by molar-refractivity contribution is 6.35. The fourth-order valence-electron chi connectivity index (χ4n) is 3.03. The Morgan fingerprint density at radius 1 is 1.17 bits per heavy atom. The summed E-state index contributed by atoms with van der Waals surface area (Å²) in [5.74, 6) is 0.240. The first-order chi connectivity index (χ1) is 11.1. The highest BCUT2D eigenvalue weighted by Gasteiger charge is 2.27. The largest absolute Gasteiger partial charge is 0.387 e. The lowest BCUT2D eigenvalue weighted by Gasteiger charge is -2.34. The minimum absolute atomic E-state index is 0.240. The van der Waals surface area contributed by atoms with Gasteiger partial charge in [-0.3, -0.25) is 14.9 Å². The summed E-state index contributed by atoms with van der Waals surface area (Å²) in [7, 11) is 0. The quantitative estimate of drug-likeness (QED) is 0.911. The Kier molecular flexibility index (Phi) is 5.49. The molecule has 1 aliphatic heterocycles. The van der Waals surface area contributed by atoms with Crippen LogP contribution in [0, 0.1) is 5.92 Å².